The summed E-state index contributed by atoms with van der Waals surface area (Å²) in [4.78, 5) is 11.1. The first-order valence-corrected chi connectivity index (χ1v) is 7.30. The van der Waals surface area contributed by atoms with E-state index in [2.05, 4.69) is 24.5 Å². The van der Waals surface area contributed by atoms with Gasteiger partial charge < -0.3 is 20.1 Å². The summed E-state index contributed by atoms with van der Waals surface area (Å²) < 4.78 is 11.0. The molecule has 0 aromatic heterocycles. The summed E-state index contributed by atoms with van der Waals surface area (Å²) >= 11 is 0. The van der Waals surface area contributed by atoms with E-state index >= 15 is 0 Å². The molecule has 2 N–H and O–H groups in total. The van der Waals surface area contributed by atoms with Crippen molar-refractivity contribution in [1.29, 1.82) is 0 Å². The third-order valence-corrected chi connectivity index (χ3v) is 3.03. The van der Waals surface area contributed by atoms with E-state index in [1.165, 1.54) is 0 Å². The van der Waals surface area contributed by atoms with Gasteiger partial charge in [-0.3, -0.25) is 4.79 Å². The highest BCUT2D eigenvalue weighted by Gasteiger charge is 2.07. The Bertz CT molecular complexity index is 447. The standard InChI is InChI=1S/C16H26N2O3/c1-12(2)18-11-13-7-8-14(15(10-13)20-4)21-9-5-6-16(19)17-3/h7-8,10,12,18H,5-6,9,11H2,1-4H3,(H,17,19). The Balaban J connectivity index is 2.52. The summed E-state index contributed by atoms with van der Waals surface area (Å²) in [6.45, 7) is 5.51. The van der Waals surface area contributed by atoms with Crippen LogP contribution in [-0.4, -0.2) is 32.7 Å². The number of carbonyl (C=O) groups excluding carboxylic acids is 1. The molecule has 0 bridgehead atoms. The van der Waals surface area contributed by atoms with Gasteiger partial charge in [-0.2, -0.15) is 0 Å². The van der Waals surface area contributed by atoms with Crippen molar-refractivity contribution in [2.75, 3.05) is 20.8 Å². The number of nitrogens with one attached hydrogen (secondary N) is 2. The van der Waals surface area contributed by atoms with Crippen molar-refractivity contribution in [2.45, 2.75) is 39.3 Å². The molecule has 0 spiro atoms. The van der Waals surface area contributed by atoms with Crippen molar-refractivity contribution in [2.24, 2.45) is 0 Å². The van der Waals surface area contributed by atoms with Crippen LogP contribution in [0.15, 0.2) is 18.2 Å². The van der Waals surface area contributed by atoms with E-state index in [4.69, 9.17) is 9.47 Å². The molecule has 5 nitrogen and oxygen atoms in total. The number of hydrogen-bond acceptors (Lipinski definition) is 4. The van der Waals surface area contributed by atoms with Gasteiger partial charge in [-0.15, -0.1) is 0 Å². The summed E-state index contributed by atoms with van der Waals surface area (Å²) in [5, 5.41) is 5.95. The average molecular weight is 294 g/mol. The number of hydrogen-bond donors (Lipinski definition) is 2. The molecule has 21 heavy (non-hydrogen) atoms. The lowest BCUT2D eigenvalue weighted by molar-refractivity contribution is -0.120. The predicted octanol–water partition coefficient (Wildman–Crippen LogP) is 2.10. The van der Waals surface area contributed by atoms with Gasteiger partial charge in [0.05, 0.1) is 13.7 Å². The van der Waals surface area contributed by atoms with Gasteiger partial charge in [-0.05, 0) is 24.1 Å². The number of carbonyl (C=O) groups is 1. The normalized spacial score (nSPS) is 10.5. The first kappa shape index (κ1) is 17.3. The highest BCUT2D eigenvalue weighted by atomic mass is 16.5. The maximum Gasteiger partial charge on any atom is 0.219 e. The van der Waals surface area contributed by atoms with E-state index in [-0.39, 0.29) is 5.91 Å². The summed E-state index contributed by atoms with van der Waals surface area (Å²) in [5.74, 6) is 1.46. The number of amides is 1. The molecule has 0 aliphatic carbocycles. The second-order valence-corrected chi connectivity index (χ2v) is 5.15. The average Bonchev–Trinajstić information content (AvgIpc) is 2.49. The van der Waals surface area contributed by atoms with Gasteiger partial charge >= 0.3 is 0 Å². The van der Waals surface area contributed by atoms with E-state index in [0.29, 0.717) is 31.2 Å². The lowest BCUT2D eigenvalue weighted by atomic mass is 10.2. The van der Waals surface area contributed by atoms with Gasteiger partial charge in [0.25, 0.3) is 0 Å². The van der Waals surface area contributed by atoms with E-state index < -0.39 is 0 Å². The Hall–Kier alpha value is -1.75. The van der Waals surface area contributed by atoms with Crippen molar-refractivity contribution >= 4 is 5.91 Å². The smallest absolute Gasteiger partial charge is 0.219 e. The van der Waals surface area contributed by atoms with E-state index in [9.17, 15) is 4.79 Å². The minimum Gasteiger partial charge on any atom is -0.493 e. The van der Waals surface area contributed by atoms with Gasteiger partial charge in [-0.1, -0.05) is 19.9 Å². The van der Waals surface area contributed by atoms with Crippen LogP contribution in [0.4, 0.5) is 0 Å². The van der Waals surface area contributed by atoms with E-state index in [1.807, 2.05) is 18.2 Å². The Morgan fingerprint density at radius 2 is 2.05 bits per heavy atom. The fourth-order valence-electron chi connectivity index (χ4n) is 1.80. The monoisotopic (exact) mass is 294 g/mol. The Kier molecular flexibility index (Phi) is 7.61. The molecule has 0 atom stereocenters. The SMILES string of the molecule is CNC(=O)CCCOc1ccc(CNC(C)C)cc1OC. The van der Waals surface area contributed by atoms with Crippen LogP contribution < -0.4 is 20.1 Å². The summed E-state index contributed by atoms with van der Waals surface area (Å²) in [7, 11) is 3.27. The van der Waals surface area contributed by atoms with E-state index in [1.54, 1.807) is 14.2 Å². The van der Waals surface area contributed by atoms with Crippen LogP contribution in [-0.2, 0) is 11.3 Å². The van der Waals surface area contributed by atoms with Crippen LogP contribution in [0.3, 0.4) is 0 Å². The maximum atomic E-state index is 11.1. The molecule has 1 aromatic carbocycles. The summed E-state index contributed by atoms with van der Waals surface area (Å²) in [6.07, 6.45) is 1.15. The lowest BCUT2D eigenvalue weighted by Gasteiger charge is -2.13. The largest absolute Gasteiger partial charge is 0.493 e. The molecule has 0 radical (unpaired) electrons. The quantitative estimate of drug-likeness (QED) is 0.685. The van der Waals surface area contributed by atoms with Gasteiger partial charge in [0.1, 0.15) is 0 Å². The molecule has 0 aliphatic heterocycles. The number of ether oxygens (including phenoxy) is 2. The van der Waals surface area contributed by atoms with Crippen molar-refractivity contribution in [3.05, 3.63) is 23.8 Å². The van der Waals surface area contributed by atoms with Gasteiger partial charge in [0.15, 0.2) is 11.5 Å². The van der Waals surface area contributed by atoms with Crippen LogP contribution in [0.1, 0.15) is 32.3 Å². The van der Waals surface area contributed by atoms with Crippen molar-refractivity contribution in [1.82, 2.24) is 10.6 Å². The van der Waals surface area contributed by atoms with E-state index in [0.717, 1.165) is 17.9 Å². The molecule has 1 amide bonds. The zero-order valence-electron chi connectivity index (χ0n) is 13.4. The molecule has 1 rings (SSSR count). The molecule has 0 saturated carbocycles. The van der Waals surface area contributed by atoms with Crippen molar-refractivity contribution in [3.63, 3.8) is 0 Å². The highest BCUT2D eigenvalue weighted by Crippen LogP contribution is 2.28. The minimum absolute atomic E-state index is 0.0284. The zero-order valence-corrected chi connectivity index (χ0v) is 13.4. The topological polar surface area (TPSA) is 59.6 Å². The third kappa shape index (κ3) is 6.49. The van der Waals surface area contributed by atoms with Crippen molar-refractivity contribution in [3.8, 4) is 11.5 Å². The van der Waals surface area contributed by atoms with Crippen LogP contribution in [0.25, 0.3) is 0 Å². The Labute approximate surface area is 127 Å². The van der Waals surface area contributed by atoms with Gasteiger partial charge in [0, 0.05) is 26.1 Å². The second-order valence-electron chi connectivity index (χ2n) is 5.15. The zero-order chi connectivity index (χ0) is 15.7. The number of benzene rings is 1. The molecular weight excluding hydrogens is 268 g/mol. The predicted molar refractivity (Wildman–Crippen MR) is 83.8 cm³/mol. The Morgan fingerprint density at radius 1 is 1.29 bits per heavy atom. The van der Waals surface area contributed by atoms with Crippen LogP contribution >= 0.6 is 0 Å². The Morgan fingerprint density at radius 3 is 2.67 bits per heavy atom. The molecule has 1 aromatic rings. The van der Waals surface area contributed by atoms with Crippen LogP contribution in [0.2, 0.25) is 0 Å². The first-order valence-electron chi connectivity index (χ1n) is 7.30. The minimum atomic E-state index is 0.0284. The third-order valence-electron chi connectivity index (χ3n) is 3.03. The molecule has 0 unspecified atom stereocenters. The highest BCUT2D eigenvalue weighted by molar-refractivity contribution is 5.75. The molecule has 0 fully saturated rings. The number of methoxy groups -OCH3 is 1. The van der Waals surface area contributed by atoms with Crippen LogP contribution in [0, 0.1) is 0 Å². The molecule has 5 heteroatoms. The fourth-order valence-corrected chi connectivity index (χ4v) is 1.80. The van der Waals surface area contributed by atoms with Gasteiger partial charge in [0.2, 0.25) is 5.91 Å². The lowest BCUT2D eigenvalue weighted by Crippen LogP contribution is -2.21. The molecular formula is C16H26N2O3. The van der Waals surface area contributed by atoms with Crippen LogP contribution in [0.5, 0.6) is 11.5 Å². The molecule has 0 aliphatic rings. The fraction of sp³-hybridized carbons (Fsp3) is 0.562. The number of rotatable bonds is 9. The summed E-state index contributed by atoms with van der Waals surface area (Å²) in [5.41, 5.74) is 1.15. The van der Waals surface area contributed by atoms with Crippen molar-refractivity contribution < 1.29 is 14.3 Å². The van der Waals surface area contributed by atoms with Gasteiger partial charge in [-0.25, -0.2) is 0 Å². The molecule has 118 valence electrons. The summed E-state index contributed by atoms with van der Waals surface area (Å²) in [6, 6.07) is 6.35. The molecule has 0 heterocycles. The molecule has 0 saturated heterocycles. The first-order chi connectivity index (χ1) is 10.1. The maximum absolute atomic E-state index is 11.1. The second kappa shape index (κ2) is 9.23.